The van der Waals surface area contributed by atoms with Gasteiger partial charge in [0.1, 0.15) is 0 Å². The zero-order chi connectivity index (χ0) is 6.97. The van der Waals surface area contributed by atoms with E-state index in [1.807, 2.05) is 6.20 Å². The number of nitrogens with two attached hydrogens (primary N) is 1. The fourth-order valence-electron chi connectivity index (χ4n) is 1.07. The molecule has 0 aromatic carbocycles. The molecule has 1 aromatic rings. The van der Waals surface area contributed by atoms with Gasteiger partial charge in [-0.05, 0) is 11.4 Å². The van der Waals surface area contributed by atoms with E-state index in [9.17, 15) is 0 Å². The van der Waals surface area contributed by atoms with E-state index in [4.69, 9.17) is 5.73 Å². The lowest BCUT2D eigenvalue weighted by molar-refractivity contribution is 0.868. The lowest BCUT2D eigenvalue weighted by Crippen LogP contribution is -2.14. The average molecular weight is 152 g/mol. The topological polar surface area (TPSA) is 38.0 Å². The van der Waals surface area contributed by atoms with Crippen LogP contribution in [0.25, 0.3) is 5.70 Å². The Hall–Kier alpha value is -0.960. The predicted octanol–water partition coefficient (Wildman–Crippen LogP) is 1.11. The van der Waals surface area contributed by atoms with Gasteiger partial charge < -0.3 is 11.1 Å². The molecule has 0 fully saturated rings. The Morgan fingerprint density at radius 3 is 3.30 bits per heavy atom. The lowest BCUT2D eigenvalue weighted by Gasteiger charge is -2.10. The van der Waals surface area contributed by atoms with Crippen molar-refractivity contribution in [3.05, 3.63) is 28.1 Å². The van der Waals surface area contributed by atoms with Gasteiger partial charge in [-0.15, -0.1) is 11.3 Å². The monoisotopic (exact) mass is 152 g/mol. The number of fused-ring (bicyclic) bond motifs is 1. The second kappa shape index (κ2) is 2.02. The number of hydrogen-bond acceptors (Lipinski definition) is 3. The van der Waals surface area contributed by atoms with Crippen molar-refractivity contribution in [2.24, 2.45) is 5.73 Å². The first kappa shape index (κ1) is 5.80. The van der Waals surface area contributed by atoms with Crippen LogP contribution >= 0.6 is 11.3 Å². The van der Waals surface area contributed by atoms with Crippen molar-refractivity contribution < 1.29 is 0 Å². The van der Waals surface area contributed by atoms with E-state index in [0.717, 1.165) is 12.2 Å². The van der Waals surface area contributed by atoms with Gasteiger partial charge in [-0.2, -0.15) is 0 Å². The van der Waals surface area contributed by atoms with Crippen LogP contribution in [0.2, 0.25) is 0 Å². The van der Waals surface area contributed by atoms with E-state index < -0.39 is 0 Å². The highest BCUT2D eigenvalue weighted by Gasteiger charge is 2.09. The Morgan fingerprint density at radius 1 is 1.60 bits per heavy atom. The molecule has 2 heterocycles. The van der Waals surface area contributed by atoms with Crippen molar-refractivity contribution in [2.45, 2.75) is 6.54 Å². The first-order valence-corrected chi connectivity index (χ1v) is 4.01. The van der Waals surface area contributed by atoms with Crippen LogP contribution in [0.5, 0.6) is 0 Å². The third kappa shape index (κ3) is 0.708. The fraction of sp³-hybridized carbons (Fsp3) is 0.143. The van der Waals surface area contributed by atoms with Gasteiger partial charge in [-0.3, -0.25) is 0 Å². The summed E-state index contributed by atoms with van der Waals surface area (Å²) in [6.45, 7) is 0.924. The maximum atomic E-state index is 5.70. The minimum atomic E-state index is 0.850. The fourth-order valence-corrected chi connectivity index (χ4v) is 1.91. The molecular formula is C7H8N2S. The number of rotatable bonds is 0. The van der Waals surface area contributed by atoms with Crippen LogP contribution in [0.3, 0.4) is 0 Å². The van der Waals surface area contributed by atoms with Gasteiger partial charge in [-0.1, -0.05) is 0 Å². The van der Waals surface area contributed by atoms with Crippen LogP contribution in [0, 0.1) is 0 Å². The molecule has 1 aromatic heterocycles. The van der Waals surface area contributed by atoms with Gasteiger partial charge >= 0.3 is 0 Å². The van der Waals surface area contributed by atoms with Gasteiger partial charge in [0, 0.05) is 23.2 Å². The van der Waals surface area contributed by atoms with Gasteiger partial charge in [0.15, 0.2) is 0 Å². The first-order valence-electron chi connectivity index (χ1n) is 3.13. The van der Waals surface area contributed by atoms with Crippen LogP contribution in [-0.4, -0.2) is 0 Å². The van der Waals surface area contributed by atoms with Crippen LogP contribution in [-0.2, 0) is 6.54 Å². The second-order valence-corrected chi connectivity index (χ2v) is 3.24. The van der Waals surface area contributed by atoms with E-state index in [2.05, 4.69) is 16.8 Å². The summed E-state index contributed by atoms with van der Waals surface area (Å²) in [5.41, 5.74) is 7.74. The summed E-state index contributed by atoms with van der Waals surface area (Å²) >= 11 is 1.75. The SMILES string of the molecule is NC1=CNCc2sccc21. The molecule has 0 bridgehead atoms. The van der Waals surface area contributed by atoms with Crippen molar-refractivity contribution in [1.29, 1.82) is 0 Å². The Balaban J connectivity index is 2.55. The minimum absolute atomic E-state index is 0.850. The highest BCUT2D eigenvalue weighted by molar-refractivity contribution is 7.10. The highest BCUT2D eigenvalue weighted by atomic mass is 32.1. The van der Waals surface area contributed by atoms with Crippen molar-refractivity contribution in [3.8, 4) is 0 Å². The van der Waals surface area contributed by atoms with Crippen LogP contribution in [0.1, 0.15) is 10.4 Å². The molecule has 0 atom stereocenters. The third-order valence-electron chi connectivity index (χ3n) is 1.58. The van der Waals surface area contributed by atoms with E-state index in [1.165, 1.54) is 10.4 Å². The molecule has 0 spiro atoms. The summed E-state index contributed by atoms with van der Waals surface area (Å²) in [7, 11) is 0. The molecular weight excluding hydrogens is 144 g/mol. The highest BCUT2D eigenvalue weighted by Crippen LogP contribution is 2.23. The minimum Gasteiger partial charge on any atom is -0.397 e. The largest absolute Gasteiger partial charge is 0.397 e. The molecule has 2 rings (SSSR count). The Labute approximate surface area is 63.4 Å². The van der Waals surface area contributed by atoms with E-state index >= 15 is 0 Å². The average Bonchev–Trinajstić information content (AvgIpc) is 2.36. The van der Waals surface area contributed by atoms with Crippen molar-refractivity contribution >= 4 is 17.0 Å². The lowest BCUT2D eigenvalue weighted by atomic mass is 10.2. The standard InChI is InChI=1S/C7H8N2S/c8-6-3-9-4-7-5(6)1-2-10-7/h1-3,9H,4,8H2. The molecule has 3 N–H and O–H groups in total. The molecule has 0 saturated heterocycles. The first-order chi connectivity index (χ1) is 4.88. The molecule has 0 amide bonds. The van der Waals surface area contributed by atoms with Crippen molar-refractivity contribution in [2.75, 3.05) is 0 Å². The molecule has 2 nitrogen and oxygen atoms in total. The molecule has 52 valence electrons. The van der Waals surface area contributed by atoms with Crippen LogP contribution in [0.4, 0.5) is 0 Å². The van der Waals surface area contributed by atoms with Crippen LogP contribution in [0.15, 0.2) is 17.6 Å². The Bertz CT molecular complexity index is 275. The smallest absolute Gasteiger partial charge is 0.0559 e. The number of thiophene rings is 1. The normalized spacial score (nSPS) is 15.4. The summed E-state index contributed by atoms with van der Waals surface area (Å²) in [6, 6.07) is 2.06. The summed E-state index contributed by atoms with van der Waals surface area (Å²) in [6.07, 6.45) is 1.86. The van der Waals surface area contributed by atoms with Crippen molar-refractivity contribution in [1.82, 2.24) is 5.32 Å². The van der Waals surface area contributed by atoms with E-state index in [0.29, 0.717) is 0 Å². The second-order valence-electron chi connectivity index (χ2n) is 2.24. The maximum absolute atomic E-state index is 5.70. The van der Waals surface area contributed by atoms with E-state index in [1.54, 1.807) is 11.3 Å². The summed E-state index contributed by atoms with van der Waals surface area (Å²) in [5.74, 6) is 0. The Morgan fingerprint density at radius 2 is 2.50 bits per heavy atom. The molecule has 10 heavy (non-hydrogen) atoms. The third-order valence-corrected chi connectivity index (χ3v) is 2.50. The maximum Gasteiger partial charge on any atom is 0.0559 e. The van der Waals surface area contributed by atoms with Crippen LogP contribution < -0.4 is 11.1 Å². The molecule has 0 aliphatic carbocycles. The molecule has 0 unspecified atom stereocenters. The molecule has 1 aliphatic rings. The quantitative estimate of drug-likeness (QED) is 0.584. The molecule has 1 aliphatic heterocycles. The van der Waals surface area contributed by atoms with Gasteiger partial charge in [-0.25, -0.2) is 0 Å². The van der Waals surface area contributed by atoms with Gasteiger partial charge in [0.05, 0.1) is 5.70 Å². The van der Waals surface area contributed by atoms with Gasteiger partial charge in [0.2, 0.25) is 0 Å². The molecule has 0 saturated carbocycles. The van der Waals surface area contributed by atoms with E-state index in [-0.39, 0.29) is 0 Å². The summed E-state index contributed by atoms with van der Waals surface area (Å²) in [5, 5.41) is 5.17. The van der Waals surface area contributed by atoms with Crippen molar-refractivity contribution in [3.63, 3.8) is 0 Å². The molecule has 0 radical (unpaired) electrons. The summed E-state index contributed by atoms with van der Waals surface area (Å²) < 4.78 is 0. The zero-order valence-electron chi connectivity index (χ0n) is 5.42. The summed E-state index contributed by atoms with van der Waals surface area (Å²) in [4.78, 5) is 1.33. The Kier molecular flexibility index (Phi) is 1.17. The molecule has 3 heteroatoms. The zero-order valence-corrected chi connectivity index (χ0v) is 6.24. The number of hydrogen-bond donors (Lipinski definition) is 2. The number of nitrogens with one attached hydrogen (secondary N) is 1. The predicted molar refractivity (Wildman–Crippen MR) is 43.3 cm³/mol. The van der Waals surface area contributed by atoms with Gasteiger partial charge in [0.25, 0.3) is 0 Å².